The maximum Gasteiger partial charge on any atom is 0.289 e. The number of amides is 1. The Labute approximate surface area is 143 Å². The van der Waals surface area contributed by atoms with Gasteiger partial charge in [0.2, 0.25) is 0 Å². The Balaban J connectivity index is 1.57. The summed E-state index contributed by atoms with van der Waals surface area (Å²) >= 11 is 0. The summed E-state index contributed by atoms with van der Waals surface area (Å²) in [5.41, 5.74) is 1.28. The highest BCUT2D eigenvalue weighted by Crippen LogP contribution is 2.20. The second-order valence-corrected chi connectivity index (χ2v) is 6.55. The van der Waals surface area contributed by atoms with Crippen LogP contribution in [0.5, 0.6) is 5.75 Å². The van der Waals surface area contributed by atoms with Crippen LogP contribution in [0.2, 0.25) is 0 Å². The van der Waals surface area contributed by atoms with Crippen molar-refractivity contribution in [2.45, 2.75) is 39.7 Å². The fourth-order valence-electron chi connectivity index (χ4n) is 3.08. The van der Waals surface area contributed by atoms with Crippen LogP contribution in [0.15, 0.2) is 40.8 Å². The van der Waals surface area contributed by atoms with Gasteiger partial charge in [0.05, 0.1) is 0 Å². The molecular formula is C20H25NO3. The molecule has 128 valence electrons. The van der Waals surface area contributed by atoms with Crippen molar-refractivity contribution in [1.82, 2.24) is 4.90 Å². The first-order valence-corrected chi connectivity index (χ1v) is 8.75. The second-order valence-electron chi connectivity index (χ2n) is 6.55. The molecule has 1 saturated heterocycles. The van der Waals surface area contributed by atoms with Gasteiger partial charge in [-0.25, -0.2) is 0 Å². The zero-order chi connectivity index (χ0) is 16.9. The summed E-state index contributed by atoms with van der Waals surface area (Å²) in [7, 11) is 0. The lowest BCUT2D eigenvalue weighted by molar-refractivity contribution is 0.0647. The average Bonchev–Trinajstić information content (AvgIpc) is 3.09. The van der Waals surface area contributed by atoms with Crippen molar-refractivity contribution >= 4 is 5.91 Å². The number of hydrogen-bond acceptors (Lipinski definition) is 3. The summed E-state index contributed by atoms with van der Waals surface area (Å²) in [5.74, 6) is 2.43. The van der Waals surface area contributed by atoms with E-state index in [1.54, 1.807) is 6.07 Å². The Kier molecular flexibility index (Phi) is 5.24. The number of benzene rings is 1. The predicted molar refractivity (Wildman–Crippen MR) is 93.2 cm³/mol. The maximum atomic E-state index is 12.5. The number of ether oxygens (including phenoxy) is 1. The van der Waals surface area contributed by atoms with Gasteiger partial charge < -0.3 is 14.1 Å². The van der Waals surface area contributed by atoms with Crippen molar-refractivity contribution in [2.75, 3.05) is 13.1 Å². The molecule has 0 saturated carbocycles. The normalized spacial score (nSPS) is 17.8. The Morgan fingerprint density at radius 2 is 2.04 bits per heavy atom. The Hall–Kier alpha value is -2.23. The molecule has 1 fully saturated rings. The molecular weight excluding hydrogens is 302 g/mol. The highest BCUT2D eigenvalue weighted by Gasteiger charge is 2.24. The number of carbonyl (C=O) groups is 1. The molecule has 1 aliphatic rings. The number of carbonyl (C=O) groups excluding carboxylic acids is 1. The number of piperidine rings is 1. The van der Waals surface area contributed by atoms with Gasteiger partial charge in [-0.2, -0.15) is 0 Å². The average molecular weight is 327 g/mol. The van der Waals surface area contributed by atoms with E-state index >= 15 is 0 Å². The molecule has 24 heavy (non-hydrogen) atoms. The van der Waals surface area contributed by atoms with Crippen LogP contribution in [0.3, 0.4) is 0 Å². The molecule has 0 N–H and O–H groups in total. The molecule has 0 spiro atoms. The van der Waals surface area contributed by atoms with Crippen molar-refractivity contribution in [2.24, 2.45) is 5.92 Å². The molecule has 4 nitrogen and oxygen atoms in total. The number of aryl methyl sites for hydroxylation is 1. The Morgan fingerprint density at radius 3 is 2.75 bits per heavy atom. The van der Waals surface area contributed by atoms with Crippen LogP contribution >= 0.6 is 0 Å². The number of rotatable bonds is 5. The van der Waals surface area contributed by atoms with Gasteiger partial charge in [0, 0.05) is 13.1 Å². The first kappa shape index (κ1) is 16.6. The van der Waals surface area contributed by atoms with Crippen LogP contribution in [0.1, 0.15) is 48.6 Å². The number of likely N-dealkylation sites (tertiary alicyclic amines) is 1. The third-order valence-corrected chi connectivity index (χ3v) is 4.53. The molecule has 0 bridgehead atoms. The van der Waals surface area contributed by atoms with Gasteiger partial charge in [-0.1, -0.05) is 26.0 Å². The monoisotopic (exact) mass is 327 g/mol. The molecule has 0 unspecified atom stereocenters. The fourth-order valence-corrected chi connectivity index (χ4v) is 3.08. The Bertz CT molecular complexity index is 674. The van der Waals surface area contributed by atoms with Crippen molar-refractivity contribution in [3.8, 4) is 5.75 Å². The van der Waals surface area contributed by atoms with E-state index < -0.39 is 0 Å². The number of hydrogen-bond donors (Lipinski definition) is 0. The lowest BCUT2D eigenvalue weighted by Gasteiger charge is -2.30. The van der Waals surface area contributed by atoms with E-state index in [0.717, 1.165) is 31.7 Å². The van der Waals surface area contributed by atoms with E-state index in [4.69, 9.17) is 9.15 Å². The molecule has 3 rings (SSSR count). The number of nitrogens with zero attached hydrogens (tertiary/aromatic N) is 1. The molecule has 0 radical (unpaired) electrons. The maximum absolute atomic E-state index is 12.5. The Morgan fingerprint density at radius 1 is 1.25 bits per heavy atom. The second kappa shape index (κ2) is 7.56. The summed E-state index contributed by atoms with van der Waals surface area (Å²) in [4.78, 5) is 14.4. The van der Waals surface area contributed by atoms with Crippen molar-refractivity contribution in [1.29, 1.82) is 0 Å². The first-order valence-electron chi connectivity index (χ1n) is 8.75. The topological polar surface area (TPSA) is 42.7 Å². The van der Waals surface area contributed by atoms with Crippen molar-refractivity contribution in [3.05, 3.63) is 53.5 Å². The minimum atomic E-state index is -0.0138. The predicted octanol–water partition coefficient (Wildman–Crippen LogP) is 4.29. The largest absolute Gasteiger partial charge is 0.486 e. The highest BCUT2D eigenvalue weighted by molar-refractivity contribution is 5.91. The first-order chi connectivity index (χ1) is 11.7. The number of furan rings is 1. The molecule has 2 aromatic rings. The summed E-state index contributed by atoms with van der Waals surface area (Å²) in [5, 5.41) is 0. The summed E-state index contributed by atoms with van der Waals surface area (Å²) in [6.45, 7) is 6.27. The standard InChI is InChI=1S/C20H25NO3/c1-3-16-6-8-17(9-7-16)23-14-18-10-11-19(24-18)20(22)21-12-4-5-15(2)13-21/h6-11,15H,3-5,12-14H2,1-2H3/t15-/m0/s1. The van der Waals surface area contributed by atoms with Crippen LogP contribution in [-0.2, 0) is 13.0 Å². The summed E-state index contributed by atoms with van der Waals surface area (Å²) < 4.78 is 11.4. The molecule has 2 heterocycles. The quantitative estimate of drug-likeness (QED) is 0.822. The smallest absolute Gasteiger partial charge is 0.289 e. The van der Waals surface area contributed by atoms with E-state index in [1.165, 1.54) is 12.0 Å². The zero-order valence-corrected chi connectivity index (χ0v) is 14.5. The van der Waals surface area contributed by atoms with Gasteiger partial charge in [0.25, 0.3) is 5.91 Å². The SMILES string of the molecule is CCc1ccc(OCc2ccc(C(=O)N3CCC[C@H](C)C3)o2)cc1. The van der Waals surface area contributed by atoms with Gasteiger partial charge >= 0.3 is 0 Å². The van der Waals surface area contributed by atoms with E-state index in [-0.39, 0.29) is 5.91 Å². The van der Waals surface area contributed by atoms with Crippen molar-refractivity contribution < 1.29 is 13.9 Å². The van der Waals surface area contributed by atoms with Crippen LogP contribution < -0.4 is 4.74 Å². The lowest BCUT2D eigenvalue weighted by atomic mass is 10.0. The highest BCUT2D eigenvalue weighted by atomic mass is 16.5. The summed E-state index contributed by atoms with van der Waals surface area (Å²) in [6.07, 6.45) is 3.27. The molecule has 1 aromatic carbocycles. The molecule has 1 amide bonds. The van der Waals surface area contributed by atoms with Crippen LogP contribution in [0, 0.1) is 5.92 Å². The van der Waals surface area contributed by atoms with Gasteiger partial charge in [-0.15, -0.1) is 0 Å². The van der Waals surface area contributed by atoms with Crippen LogP contribution in [0.25, 0.3) is 0 Å². The minimum absolute atomic E-state index is 0.0138. The molecule has 0 aliphatic carbocycles. The van der Waals surface area contributed by atoms with E-state index in [1.807, 2.05) is 23.1 Å². The third-order valence-electron chi connectivity index (χ3n) is 4.53. The summed E-state index contributed by atoms with van der Waals surface area (Å²) in [6, 6.07) is 11.6. The van der Waals surface area contributed by atoms with Crippen LogP contribution in [0.4, 0.5) is 0 Å². The lowest BCUT2D eigenvalue weighted by Crippen LogP contribution is -2.38. The van der Waals surface area contributed by atoms with E-state index in [9.17, 15) is 4.79 Å². The third kappa shape index (κ3) is 3.99. The van der Waals surface area contributed by atoms with Gasteiger partial charge in [-0.05, 0) is 55.0 Å². The minimum Gasteiger partial charge on any atom is -0.486 e. The van der Waals surface area contributed by atoms with E-state index in [0.29, 0.717) is 24.0 Å². The van der Waals surface area contributed by atoms with Gasteiger partial charge in [-0.3, -0.25) is 4.79 Å². The molecule has 1 atom stereocenters. The van der Waals surface area contributed by atoms with Gasteiger partial charge in [0.1, 0.15) is 18.1 Å². The molecule has 1 aromatic heterocycles. The fraction of sp³-hybridized carbons (Fsp3) is 0.450. The molecule has 1 aliphatic heterocycles. The zero-order valence-electron chi connectivity index (χ0n) is 14.5. The molecule has 4 heteroatoms. The van der Waals surface area contributed by atoms with Crippen molar-refractivity contribution in [3.63, 3.8) is 0 Å². The van der Waals surface area contributed by atoms with Crippen LogP contribution in [-0.4, -0.2) is 23.9 Å². The van der Waals surface area contributed by atoms with Gasteiger partial charge in [0.15, 0.2) is 5.76 Å². The van der Waals surface area contributed by atoms with E-state index in [2.05, 4.69) is 26.0 Å².